The van der Waals surface area contributed by atoms with Crippen LogP contribution in [0.25, 0.3) is 0 Å². The Hall–Kier alpha value is -1.08. The number of thioether (sulfide) groups is 1. The molecule has 1 aromatic heterocycles. The number of amides is 1. The molecule has 0 unspecified atom stereocenters. The Balaban J connectivity index is 1.41. The van der Waals surface area contributed by atoms with Crippen LogP contribution in [-0.4, -0.2) is 45.7 Å². The Bertz CT molecular complexity index is 538. The van der Waals surface area contributed by atoms with Crippen molar-refractivity contribution in [1.29, 1.82) is 0 Å². The van der Waals surface area contributed by atoms with E-state index in [0.717, 1.165) is 17.4 Å². The van der Waals surface area contributed by atoms with E-state index < -0.39 is 0 Å². The molecular weight excluding hydrogens is 312 g/mol. The van der Waals surface area contributed by atoms with Crippen LogP contribution in [0.15, 0.2) is 5.16 Å². The maximum Gasteiger partial charge on any atom is 0.230 e. The predicted octanol–water partition coefficient (Wildman–Crippen LogP) is 2.51. The molecule has 2 fully saturated rings. The molecule has 3 rings (SSSR count). The van der Waals surface area contributed by atoms with Gasteiger partial charge in [-0.05, 0) is 46.0 Å². The van der Waals surface area contributed by atoms with Gasteiger partial charge in [0.2, 0.25) is 5.91 Å². The van der Waals surface area contributed by atoms with Crippen LogP contribution in [0.1, 0.15) is 63.7 Å². The van der Waals surface area contributed by atoms with Crippen molar-refractivity contribution in [2.75, 3.05) is 18.9 Å². The number of nitrogens with one attached hydrogen (secondary N) is 1. The minimum atomic E-state index is 0.0536. The third-order valence-corrected chi connectivity index (χ3v) is 4.92. The van der Waals surface area contributed by atoms with Crippen LogP contribution in [0.4, 0.5) is 0 Å². The zero-order valence-corrected chi connectivity index (χ0v) is 14.8. The number of nitrogens with zero attached hydrogens (tertiary/aromatic N) is 3. The van der Waals surface area contributed by atoms with Gasteiger partial charge in [-0.1, -0.05) is 11.8 Å². The molecule has 23 heavy (non-hydrogen) atoms. The minimum Gasteiger partial charge on any atom is -0.379 e. The predicted molar refractivity (Wildman–Crippen MR) is 89.7 cm³/mol. The molecule has 1 N–H and O–H groups in total. The van der Waals surface area contributed by atoms with Crippen LogP contribution in [0.5, 0.6) is 0 Å². The van der Waals surface area contributed by atoms with Gasteiger partial charge in [0.25, 0.3) is 0 Å². The highest BCUT2D eigenvalue weighted by Crippen LogP contribution is 2.45. The van der Waals surface area contributed by atoms with E-state index >= 15 is 0 Å². The summed E-state index contributed by atoms with van der Waals surface area (Å²) < 4.78 is 7.74. The molecule has 0 radical (unpaired) electrons. The smallest absolute Gasteiger partial charge is 0.230 e. The maximum atomic E-state index is 11.9. The van der Waals surface area contributed by atoms with E-state index in [1.807, 2.05) is 13.8 Å². The van der Waals surface area contributed by atoms with Crippen LogP contribution in [0.3, 0.4) is 0 Å². The molecule has 6 nitrogen and oxygen atoms in total. The average Bonchev–Trinajstić information content (AvgIpc) is 3.43. The summed E-state index contributed by atoms with van der Waals surface area (Å²) in [7, 11) is 0. The van der Waals surface area contributed by atoms with Gasteiger partial charge in [-0.2, -0.15) is 0 Å². The Morgan fingerprint density at radius 2 is 2.13 bits per heavy atom. The fourth-order valence-electron chi connectivity index (χ4n) is 2.48. The van der Waals surface area contributed by atoms with Gasteiger partial charge in [0.05, 0.1) is 11.9 Å². The number of rotatable bonds is 10. The lowest BCUT2D eigenvalue weighted by molar-refractivity contribution is -0.118. The van der Waals surface area contributed by atoms with Gasteiger partial charge in [-0.15, -0.1) is 10.2 Å². The van der Waals surface area contributed by atoms with Crippen molar-refractivity contribution < 1.29 is 9.53 Å². The van der Waals surface area contributed by atoms with Crippen molar-refractivity contribution in [3.8, 4) is 0 Å². The van der Waals surface area contributed by atoms with Crippen LogP contribution in [0.2, 0.25) is 0 Å². The summed E-state index contributed by atoms with van der Waals surface area (Å²) in [5.41, 5.74) is 0. The summed E-state index contributed by atoms with van der Waals surface area (Å²) >= 11 is 1.50. The molecule has 128 valence electrons. The van der Waals surface area contributed by atoms with E-state index in [-0.39, 0.29) is 12.0 Å². The van der Waals surface area contributed by atoms with Crippen molar-refractivity contribution in [3.63, 3.8) is 0 Å². The first-order valence-corrected chi connectivity index (χ1v) is 9.59. The summed E-state index contributed by atoms with van der Waals surface area (Å²) in [6.45, 7) is 5.38. The molecule has 2 aliphatic rings. The van der Waals surface area contributed by atoms with Crippen molar-refractivity contribution in [1.82, 2.24) is 20.1 Å². The van der Waals surface area contributed by atoms with Crippen molar-refractivity contribution in [2.45, 2.75) is 69.2 Å². The van der Waals surface area contributed by atoms with Gasteiger partial charge in [0, 0.05) is 25.1 Å². The SMILES string of the molecule is CC(C)OCCCNC(=O)CSc1nnc(C2CC2)n1C1CC1. The van der Waals surface area contributed by atoms with E-state index in [2.05, 4.69) is 20.1 Å². The monoisotopic (exact) mass is 338 g/mol. The molecule has 0 bridgehead atoms. The first-order chi connectivity index (χ1) is 11.1. The van der Waals surface area contributed by atoms with E-state index in [4.69, 9.17) is 4.74 Å². The lowest BCUT2D eigenvalue weighted by Crippen LogP contribution is -2.27. The molecule has 2 saturated carbocycles. The normalized spacial score (nSPS) is 17.7. The second kappa shape index (κ2) is 7.66. The van der Waals surface area contributed by atoms with E-state index in [9.17, 15) is 4.79 Å². The molecule has 1 heterocycles. The molecule has 2 aliphatic carbocycles. The first kappa shape index (κ1) is 16.8. The number of hydrogen-bond acceptors (Lipinski definition) is 5. The minimum absolute atomic E-state index is 0.0536. The zero-order valence-electron chi connectivity index (χ0n) is 14.0. The molecule has 0 aromatic carbocycles. The van der Waals surface area contributed by atoms with Crippen LogP contribution < -0.4 is 5.32 Å². The van der Waals surface area contributed by atoms with E-state index in [0.29, 0.717) is 30.9 Å². The summed E-state index contributed by atoms with van der Waals surface area (Å²) in [4.78, 5) is 11.9. The van der Waals surface area contributed by atoms with Gasteiger partial charge in [-0.3, -0.25) is 4.79 Å². The fraction of sp³-hybridized carbons (Fsp3) is 0.812. The third-order valence-electron chi connectivity index (χ3n) is 3.97. The molecule has 0 atom stereocenters. The van der Waals surface area contributed by atoms with Crippen LogP contribution >= 0.6 is 11.8 Å². The van der Waals surface area contributed by atoms with Gasteiger partial charge < -0.3 is 14.6 Å². The largest absolute Gasteiger partial charge is 0.379 e. The van der Waals surface area contributed by atoms with Crippen LogP contribution in [-0.2, 0) is 9.53 Å². The van der Waals surface area contributed by atoms with Gasteiger partial charge in [0.15, 0.2) is 5.16 Å². The Labute approximate surface area is 141 Å². The van der Waals surface area contributed by atoms with Crippen molar-refractivity contribution >= 4 is 17.7 Å². The van der Waals surface area contributed by atoms with Gasteiger partial charge in [-0.25, -0.2) is 0 Å². The van der Waals surface area contributed by atoms with Gasteiger partial charge in [0.1, 0.15) is 5.82 Å². The lowest BCUT2D eigenvalue weighted by atomic mass is 10.4. The average molecular weight is 338 g/mol. The summed E-state index contributed by atoms with van der Waals surface area (Å²) in [6, 6.07) is 0.569. The van der Waals surface area contributed by atoms with Gasteiger partial charge >= 0.3 is 0 Å². The molecule has 0 aliphatic heterocycles. The second-order valence-corrected chi connectivity index (χ2v) is 7.57. The highest BCUT2D eigenvalue weighted by molar-refractivity contribution is 7.99. The second-order valence-electron chi connectivity index (χ2n) is 6.63. The summed E-state index contributed by atoms with van der Waals surface area (Å²) in [5, 5.41) is 12.5. The Kier molecular flexibility index (Phi) is 5.58. The highest BCUT2D eigenvalue weighted by Gasteiger charge is 2.36. The number of hydrogen-bond donors (Lipinski definition) is 1. The Morgan fingerprint density at radius 3 is 2.78 bits per heavy atom. The highest BCUT2D eigenvalue weighted by atomic mass is 32.2. The molecule has 1 aromatic rings. The van der Waals surface area contributed by atoms with E-state index in [1.165, 1.54) is 37.4 Å². The molecule has 1 amide bonds. The lowest BCUT2D eigenvalue weighted by Gasteiger charge is -2.09. The quantitative estimate of drug-likeness (QED) is 0.524. The standard InChI is InChI=1S/C16H26N4O2S/c1-11(2)22-9-3-8-17-14(21)10-23-16-19-18-15(12-4-5-12)20(16)13-6-7-13/h11-13H,3-10H2,1-2H3,(H,17,21). The molecule has 7 heteroatoms. The first-order valence-electron chi connectivity index (χ1n) is 8.61. The van der Waals surface area contributed by atoms with Crippen LogP contribution in [0, 0.1) is 0 Å². The fourth-order valence-corrected chi connectivity index (χ4v) is 3.33. The Morgan fingerprint density at radius 1 is 1.35 bits per heavy atom. The molecule has 0 saturated heterocycles. The number of carbonyl (C=O) groups excluding carboxylic acids is 1. The molecule has 0 spiro atoms. The zero-order chi connectivity index (χ0) is 16.2. The van der Waals surface area contributed by atoms with Crippen molar-refractivity contribution in [3.05, 3.63) is 5.82 Å². The third kappa shape index (κ3) is 4.94. The maximum absolute atomic E-state index is 11.9. The number of carbonyl (C=O) groups is 1. The van der Waals surface area contributed by atoms with E-state index in [1.54, 1.807) is 0 Å². The number of ether oxygens (including phenoxy) is 1. The number of aromatic nitrogens is 3. The molecular formula is C16H26N4O2S. The summed E-state index contributed by atoms with van der Waals surface area (Å²) in [6.07, 6.45) is 5.98. The summed E-state index contributed by atoms with van der Waals surface area (Å²) in [5.74, 6) is 2.20. The van der Waals surface area contributed by atoms with Crippen molar-refractivity contribution in [2.24, 2.45) is 0 Å². The topological polar surface area (TPSA) is 69.0 Å².